The van der Waals surface area contributed by atoms with Gasteiger partial charge in [0.05, 0.1) is 28.2 Å². The number of fused-ring (bicyclic) bond motifs is 20. The molecule has 2 heterocycles. The average Bonchev–Trinajstić information content (AvgIpc) is 1.54. The number of furan rings is 2. The fourth-order valence-corrected chi connectivity index (χ4v) is 14.8. The molecule has 0 fully saturated rings. The molecular formula is C81H50N2O2. The third kappa shape index (κ3) is 6.85. The van der Waals surface area contributed by atoms with Crippen LogP contribution in [0.5, 0.6) is 0 Å². The molecule has 0 aliphatic heterocycles. The maximum absolute atomic E-state index is 6.87. The molecule has 396 valence electrons. The van der Waals surface area contributed by atoms with Crippen molar-refractivity contribution in [3.8, 4) is 44.5 Å². The van der Waals surface area contributed by atoms with Crippen molar-refractivity contribution in [2.45, 2.75) is 5.41 Å². The molecule has 2 aliphatic carbocycles. The molecule has 14 aromatic carbocycles. The molecule has 2 aliphatic rings. The summed E-state index contributed by atoms with van der Waals surface area (Å²) in [5.74, 6) is 0. The molecule has 4 nitrogen and oxygen atoms in total. The first-order chi connectivity index (χ1) is 42.2. The number of para-hydroxylation sites is 6. The Hall–Kier alpha value is -11.2. The van der Waals surface area contributed by atoms with Crippen LogP contribution in [0.25, 0.3) is 110 Å². The van der Waals surface area contributed by atoms with E-state index in [1.807, 2.05) is 12.1 Å². The highest BCUT2D eigenvalue weighted by atomic mass is 16.3. The third-order valence-electron chi connectivity index (χ3n) is 18.2. The van der Waals surface area contributed by atoms with Gasteiger partial charge in [0.1, 0.15) is 11.2 Å². The van der Waals surface area contributed by atoms with Gasteiger partial charge in [-0.2, -0.15) is 0 Å². The number of anilines is 6. The maximum Gasteiger partial charge on any atom is 0.159 e. The van der Waals surface area contributed by atoms with E-state index in [-0.39, 0.29) is 0 Å². The number of hydrogen-bond acceptors (Lipinski definition) is 4. The van der Waals surface area contributed by atoms with E-state index < -0.39 is 5.41 Å². The molecule has 18 rings (SSSR count). The first-order valence-corrected chi connectivity index (χ1v) is 29.2. The SMILES string of the molecule is c1ccc(-c2ccccc2N(c2ccc3c4c(ccc3c2)-c2ccc3cc(N(c5ccccc5-c5ccccc5)c5cccc6c5oc5ccccc56)ccc3c2C42c3ccccc3-c3ccccc32)c2cccc3c2oc2ccccc23)cc1. The van der Waals surface area contributed by atoms with Crippen molar-refractivity contribution in [1.29, 1.82) is 0 Å². The molecule has 0 unspecified atom stereocenters. The quantitative estimate of drug-likeness (QED) is 0.152. The van der Waals surface area contributed by atoms with Gasteiger partial charge in [-0.25, -0.2) is 0 Å². The lowest BCUT2D eigenvalue weighted by molar-refractivity contribution is 0.668. The molecule has 2 aromatic heterocycles. The van der Waals surface area contributed by atoms with E-state index in [4.69, 9.17) is 8.83 Å². The van der Waals surface area contributed by atoms with Gasteiger partial charge in [0, 0.05) is 44.0 Å². The highest BCUT2D eigenvalue weighted by Crippen LogP contribution is 2.66. The normalized spacial score (nSPS) is 12.8. The third-order valence-corrected chi connectivity index (χ3v) is 18.2. The van der Waals surface area contributed by atoms with E-state index in [9.17, 15) is 0 Å². The molecule has 1 spiro atoms. The molecule has 4 heteroatoms. The van der Waals surface area contributed by atoms with Crippen molar-refractivity contribution in [1.82, 2.24) is 0 Å². The van der Waals surface area contributed by atoms with E-state index in [0.29, 0.717) is 0 Å². The van der Waals surface area contributed by atoms with E-state index >= 15 is 0 Å². The zero-order valence-corrected chi connectivity index (χ0v) is 46.1. The summed E-state index contributed by atoms with van der Waals surface area (Å²) in [4.78, 5) is 4.82. The molecular weight excluding hydrogens is 1030 g/mol. The van der Waals surface area contributed by atoms with Crippen LogP contribution in [0.1, 0.15) is 22.3 Å². The van der Waals surface area contributed by atoms with Crippen LogP contribution in [0, 0.1) is 0 Å². The fraction of sp³-hybridized carbons (Fsp3) is 0.0123. The largest absolute Gasteiger partial charge is 0.454 e. The zero-order chi connectivity index (χ0) is 55.7. The molecule has 0 radical (unpaired) electrons. The lowest BCUT2D eigenvalue weighted by Crippen LogP contribution is -2.26. The Balaban J connectivity index is 0.872. The van der Waals surface area contributed by atoms with Gasteiger partial charge in [0.15, 0.2) is 11.2 Å². The minimum atomic E-state index is -0.654. The fourth-order valence-electron chi connectivity index (χ4n) is 14.8. The van der Waals surface area contributed by atoms with Gasteiger partial charge in [0.25, 0.3) is 0 Å². The highest BCUT2D eigenvalue weighted by Gasteiger charge is 2.53. The lowest BCUT2D eigenvalue weighted by atomic mass is 9.68. The van der Waals surface area contributed by atoms with Crippen LogP contribution < -0.4 is 9.80 Å². The van der Waals surface area contributed by atoms with E-state index in [0.717, 1.165) is 111 Å². The van der Waals surface area contributed by atoms with Crippen molar-refractivity contribution in [2.75, 3.05) is 9.80 Å². The van der Waals surface area contributed by atoms with Crippen LogP contribution >= 0.6 is 0 Å². The smallest absolute Gasteiger partial charge is 0.159 e. The first kappa shape index (κ1) is 47.4. The maximum atomic E-state index is 6.87. The van der Waals surface area contributed by atoms with Gasteiger partial charge >= 0.3 is 0 Å². The highest BCUT2D eigenvalue weighted by molar-refractivity contribution is 6.15. The monoisotopic (exact) mass is 1080 g/mol. The summed E-state index contributed by atoms with van der Waals surface area (Å²) >= 11 is 0. The number of hydrogen-bond donors (Lipinski definition) is 0. The molecule has 0 N–H and O–H groups in total. The lowest BCUT2D eigenvalue weighted by Gasteiger charge is -2.33. The van der Waals surface area contributed by atoms with E-state index in [1.54, 1.807) is 0 Å². The Morgan fingerprint density at radius 3 is 1.09 bits per heavy atom. The topological polar surface area (TPSA) is 32.8 Å². The van der Waals surface area contributed by atoms with Crippen molar-refractivity contribution in [2.24, 2.45) is 0 Å². The van der Waals surface area contributed by atoms with Crippen molar-refractivity contribution < 1.29 is 8.83 Å². The van der Waals surface area contributed by atoms with Crippen LogP contribution in [0.2, 0.25) is 0 Å². The Labute approximate surface area is 490 Å². The number of nitrogens with zero attached hydrogens (tertiary/aromatic N) is 2. The molecule has 0 atom stereocenters. The van der Waals surface area contributed by atoms with E-state index in [2.05, 4.69) is 301 Å². The van der Waals surface area contributed by atoms with Crippen LogP contribution in [0.15, 0.2) is 312 Å². The summed E-state index contributed by atoms with van der Waals surface area (Å²) < 4.78 is 13.7. The van der Waals surface area contributed by atoms with Gasteiger partial charge < -0.3 is 18.6 Å². The second-order valence-corrected chi connectivity index (χ2v) is 22.6. The van der Waals surface area contributed by atoms with Crippen LogP contribution in [-0.4, -0.2) is 0 Å². The minimum absolute atomic E-state index is 0.654. The van der Waals surface area contributed by atoms with Crippen LogP contribution in [-0.2, 0) is 5.41 Å². The van der Waals surface area contributed by atoms with Gasteiger partial charge in [0.2, 0.25) is 0 Å². The number of rotatable bonds is 8. The van der Waals surface area contributed by atoms with E-state index in [1.165, 1.54) is 55.3 Å². The summed E-state index contributed by atoms with van der Waals surface area (Å²) in [5, 5.41) is 9.11. The molecule has 0 saturated heterocycles. The first-order valence-electron chi connectivity index (χ1n) is 29.2. The number of benzene rings is 14. The Morgan fingerprint density at radius 1 is 0.247 bits per heavy atom. The second kappa shape index (κ2) is 18.4. The molecule has 85 heavy (non-hydrogen) atoms. The zero-order valence-electron chi connectivity index (χ0n) is 46.1. The predicted molar refractivity (Wildman–Crippen MR) is 353 cm³/mol. The van der Waals surface area contributed by atoms with Crippen molar-refractivity contribution in [3.05, 3.63) is 326 Å². The second-order valence-electron chi connectivity index (χ2n) is 22.6. The molecule has 0 bridgehead atoms. The van der Waals surface area contributed by atoms with Crippen LogP contribution in [0.3, 0.4) is 0 Å². The Morgan fingerprint density at radius 2 is 0.624 bits per heavy atom. The van der Waals surface area contributed by atoms with Gasteiger partial charge in [-0.15, -0.1) is 0 Å². The summed E-state index contributed by atoms with van der Waals surface area (Å²) in [7, 11) is 0. The molecule has 0 amide bonds. The average molecular weight is 1080 g/mol. The van der Waals surface area contributed by atoms with Gasteiger partial charge in [-0.05, 0) is 138 Å². The van der Waals surface area contributed by atoms with Crippen molar-refractivity contribution in [3.63, 3.8) is 0 Å². The predicted octanol–water partition coefficient (Wildman–Crippen LogP) is 22.4. The molecule has 0 saturated carbocycles. The minimum Gasteiger partial charge on any atom is -0.454 e. The Bertz CT molecular complexity index is 5060. The summed E-state index contributed by atoms with van der Waals surface area (Å²) in [5.41, 5.74) is 23.7. The molecule has 16 aromatic rings. The van der Waals surface area contributed by atoms with Gasteiger partial charge in [-0.3, -0.25) is 0 Å². The standard InChI is InChI=1S/C81H50N2O2/c1-3-21-51(22-4-1)57-25-9-15-35-71(57)82(73-37-19-31-67-63-29-11-17-39-75(63)84-79(67)73)55-43-47-59-53(49-55)41-45-65-66-46-42-54-50-56(44-48-60(54)78(66)81(77(59)65)69-33-13-7-27-61(69)62-28-8-14-34-70(62)81)83(72-36-16-10-26-58(72)52-23-5-2-6-24-52)74-38-20-32-68-64-30-12-18-40-76(64)85-80(68)74/h1-50H. The summed E-state index contributed by atoms with van der Waals surface area (Å²) in [6.45, 7) is 0. The van der Waals surface area contributed by atoms with Gasteiger partial charge in [-0.1, -0.05) is 243 Å². The van der Waals surface area contributed by atoms with Crippen molar-refractivity contribution >= 4 is 99.5 Å². The van der Waals surface area contributed by atoms with Crippen LogP contribution in [0.4, 0.5) is 34.1 Å². The summed E-state index contributed by atoms with van der Waals surface area (Å²) in [6.07, 6.45) is 0. The Kier molecular flexibility index (Phi) is 10.3. The summed E-state index contributed by atoms with van der Waals surface area (Å²) in [6, 6.07) is 111.